The molecule has 0 aromatic heterocycles. The van der Waals surface area contributed by atoms with Crippen LogP contribution in [0.2, 0.25) is 0 Å². The summed E-state index contributed by atoms with van der Waals surface area (Å²) in [5.41, 5.74) is 5.49. The molecule has 5 nitrogen and oxygen atoms in total. The van der Waals surface area contributed by atoms with Gasteiger partial charge in [0.05, 0.1) is 0 Å². The number of likely N-dealkylation sites (tertiary alicyclic amines) is 1. The molecule has 0 saturated carbocycles. The Morgan fingerprint density at radius 2 is 1.71 bits per heavy atom. The molecule has 0 aliphatic carbocycles. The maximum absolute atomic E-state index is 11.9. The summed E-state index contributed by atoms with van der Waals surface area (Å²) in [6, 6.07) is 0.167. The Labute approximate surface area is 129 Å². The monoisotopic (exact) mass is 299 g/mol. The third kappa shape index (κ3) is 7.14. The summed E-state index contributed by atoms with van der Waals surface area (Å²) in [6.07, 6.45) is 6.00. The number of nitrogens with two attached hydrogens (primary N) is 1. The Hall–Kier alpha value is -0.810. The molecule has 21 heavy (non-hydrogen) atoms. The zero-order valence-corrected chi connectivity index (χ0v) is 14.2. The van der Waals surface area contributed by atoms with Gasteiger partial charge in [0, 0.05) is 18.6 Å². The molecule has 0 aromatic rings. The van der Waals surface area contributed by atoms with Gasteiger partial charge in [-0.1, -0.05) is 19.3 Å². The van der Waals surface area contributed by atoms with Gasteiger partial charge in [-0.05, 0) is 53.6 Å². The lowest BCUT2D eigenvalue weighted by Gasteiger charge is -2.36. The topological polar surface area (TPSA) is 67.6 Å². The molecule has 0 bridgehead atoms. The molecule has 5 heteroatoms. The van der Waals surface area contributed by atoms with E-state index in [1.807, 2.05) is 27.7 Å². The lowest BCUT2D eigenvalue weighted by Crippen LogP contribution is -2.55. The SMILES string of the molecule is CC(NC(=O)OC(C)(C)C)C(CN)N1CCCCCCC1. The first kappa shape index (κ1) is 18.2. The molecule has 124 valence electrons. The molecule has 1 saturated heterocycles. The van der Waals surface area contributed by atoms with Crippen molar-refractivity contribution in [3.8, 4) is 0 Å². The number of amides is 1. The largest absolute Gasteiger partial charge is 0.444 e. The summed E-state index contributed by atoms with van der Waals surface area (Å²) in [5.74, 6) is 0. The second-order valence-electron chi connectivity index (χ2n) is 7.04. The fourth-order valence-electron chi connectivity index (χ4n) is 2.86. The van der Waals surface area contributed by atoms with Crippen molar-refractivity contribution in [1.82, 2.24) is 10.2 Å². The minimum absolute atomic E-state index is 0.00993. The van der Waals surface area contributed by atoms with Gasteiger partial charge >= 0.3 is 6.09 Å². The molecule has 2 atom stereocenters. The molecule has 1 aliphatic rings. The van der Waals surface area contributed by atoms with E-state index in [1.165, 1.54) is 32.1 Å². The average molecular weight is 299 g/mol. The van der Waals surface area contributed by atoms with Gasteiger partial charge in [-0.25, -0.2) is 4.79 Å². The zero-order valence-electron chi connectivity index (χ0n) is 14.2. The van der Waals surface area contributed by atoms with Crippen molar-refractivity contribution in [1.29, 1.82) is 0 Å². The highest BCUT2D eigenvalue weighted by Crippen LogP contribution is 2.15. The summed E-state index contributed by atoms with van der Waals surface area (Å²) < 4.78 is 5.33. The summed E-state index contributed by atoms with van der Waals surface area (Å²) in [7, 11) is 0. The van der Waals surface area contributed by atoms with E-state index in [4.69, 9.17) is 10.5 Å². The van der Waals surface area contributed by atoms with E-state index in [-0.39, 0.29) is 18.2 Å². The zero-order chi connectivity index (χ0) is 15.9. The Bertz CT molecular complexity index is 307. The first-order valence-electron chi connectivity index (χ1n) is 8.27. The van der Waals surface area contributed by atoms with E-state index in [9.17, 15) is 4.79 Å². The van der Waals surface area contributed by atoms with Crippen LogP contribution in [0.5, 0.6) is 0 Å². The average Bonchev–Trinajstić information content (AvgIpc) is 2.29. The summed E-state index contributed by atoms with van der Waals surface area (Å²) in [5, 5.41) is 2.94. The number of carbonyl (C=O) groups is 1. The van der Waals surface area contributed by atoms with E-state index >= 15 is 0 Å². The predicted molar refractivity (Wildman–Crippen MR) is 86.3 cm³/mol. The second kappa shape index (κ2) is 8.59. The van der Waals surface area contributed by atoms with Crippen LogP contribution in [-0.4, -0.2) is 48.3 Å². The van der Waals surface area contributed by atoms with E-state index in [1.54, 1.807) is 0 Å². The lowest BCUT2D eigenvalue weighted by atomic mass is 10.0. The molecule has 1 amide bonds. The minimum atomic E-state index is -0.470. The molecule has 1 heterocycles. The third-order valence-corrected chi connectivity index (χ3v) is 3.92. The Balaban J connectivity index is 2.54. The fraction of sp³-hybridized carbons (Fsp3) is 0.938. The van der Waals surface area contributed by atoms with Crippen molar-refractivity contribution in [3.05, 3.63) is 0 Å². The van der Waals surface area contributed by atoms with Crippen LogP contribution in [0, 0.1) is 0 Å². The quantitative estimate of drug-likeness (QED) is 0.837. The fourth-order valence-corrected chi connectivity index (χ4v) is 2.86. The van der Waals surface area contributed by atoms with Gasteiger partial charge in [-0.3, -0.25) is 4.90 Å². The second-order valence-corrected chi connectivity index (χ2v) is 7.04. The third-order valence-electron chi connectivity index (χ3n) is 3.92. The molecular formula is C16H33N3O2. The van der Waals surface area contributed by atoms with Gasteiger partial charge in [0.25, 0.3) is 0 Å². The smallest absolute Gasteiger partial charge is 0.407 e. The maximum Gasteiger partial charge on any atom is 0.407 e. The van der Waals surface area contributed by atoms with Gasteiger partial charge < -0.3 is 15.8 Å². The number of nitrogens with zero attached hydrogens (tertiary/aromatic N) is 1. The Morgan fingerprint density at radius 3 is 2.19 bits per heavy atom. The van der Waals surface area contributed by atoms with Crippen LogP contribution in [0.1, 0.15) is 59.8 Å². The summed E-state index contributed by atoms with van der Waals surface area (Å²) in [4.78, 5) is 14.3. The normalized spacial score (nSPS) is 21.0. The van der Waals surface area contributed by atoms with Gasteiger partial charge in [-0.2, -0.15) is 0 Å². The van der Waals surface area contributed by atoms with Crippen molar-refractivity contribution in [3.63, 3.8) is 0 Å². The van der Waals surface area contributed by atoms with E-state index in [2.05, 4.69) is 10.2 Å². The van der Waals surface area contributed by atoms with Gasteiger partial charge in [0.15, 0.2) is 0 Å². The first-order chi connectivity index (χ1) is 9.83. The molecule has 0 spiro atoms. The van der Waals surface area contributed by atoms with Crippen molar-refractivity contribution >= 4 is 6.09 Å². The van der Waals surface area contributed by atoms with E-state index in [0.717, 1.165) is 13.1 Å². The van der Waals surface area contributed by atoms with E-state index < -0.39 is 5.60 Å². The van der Waals surface area contributed by atoms with Crippen molar-refractivity contribution in [2.75, 3.05) is 19.6 Å². The van der Waals surface area contributed by atoms with Crippen LogP contribution in [0.4, 0.5) is 4.79 Å². The molecular weight excluding hydrogens is 266 g/mol. The number of carbonyl (C=O) groups excluding carboxylic acids is 1. The van der Waals surface area contributed by atoms with Crippen LogP contribution in [-0.2, 0) is 4.74 Å². The van der Waals surface area contributed by atoms with Crippen LogP contribution < -0.4 is 11.1 Å². The number of rotatable bonds is 4. The molecule has 2 unspecified atom stereocenters. The van der Waals surface area contributed by atoms with Crippen molar-refractivity contribution in [2.45, 2.75) is 77.5 Å². The number of alkyl carbamates (subject to hydrolysis) is 1. The summed E-state index contributed by atoms with van der Waals surface area (Å²) in [6.45, 7) is 10.3. The Kier molecular flexibility index (Phi) is 7.46. The summed E-state index contributed by atoms with van der Waals surface area (Å²) >= 11 is 0. The predicted octanol–water partition coefficient (Wildman–Crippen LogP) is 2.49. The number of nitrogens with one attached hydrogen (secondary N) is 1. The first-order valence-corrected chi connectivity index (χ1v) is 8.27. The molecule has 0 aromatic carbocycles. The highest BCUT2D eigenvalue weighted by Gasteiger charge is 2.26. The van der Waals surface area contributed by atoms with Crippen LogP contribution in [0.3, 0.4) is 0 Å². The standard InChI is InChI=1S/C16H33N3O2/c1-13(18-15(20)21-16(2,3)4)14(12-17)19-10-8-6-5-7-9-11-19/h13-14H,5-12,17H2,1-4H3,(H,18,20). The van der Waals surface area contributed by atoms with Gasteiger partial charge in [-0.15, -0.1) is 0 Å². The molecule has 1 fully saturated rings. The maximum atomic E-state index is 11.9. The Morgan fingerprint density at radius 1 is 1.19 bits per heavy atom. The number of hydrogen-bond donors (Lipinski definition) is 2. The van der Waals surface area contributed by atoms with Crippen LogP contribution >= 0.6 is 0 Å². The number of hydrogen-bond acceptors (Lipinski definition) is 4. The number of ether oxygens (including phenoxy) is 1. The van der Waals surface area contributed by atoms with Crippen LogP contribution in [0.25, 0.3) is 0 Å². The lowest BCUT2D eigenvalue weighted by molar-refractivity contribution is 0.0466. The van der Waals surface area contributed by atoms with Crippen LogP contribution in [0.15, 0.2) is 0 Å². The van der Waals surface area contributed by atoms with Crippen molar-refractivity contribution in [2.24, 2.45) is 5.73 Å². The van der Waals surface area contributed by atoms with Gasteiger partial charge in [0.2, 0.25) is 0 Å². The van der Waals surface area contributed by atoms with Gasteiger partial charge in [0.1, 0.15) is 5.60 Å². The minimum Gasteiger partial charge on any atom is -0.444 e. The van der Waals surface area contributed by atoms with Crippen molar-refractivity contribution < 1.29 is 9.53 Å². The molecule has 1 rings (SSSR count). The highest BCUT2D eigenvalue weighted by molar-refractivity contribution is 5.68. The molecule has 3 N–H and O–H groups in total. The highest BCUT2D eigenvalue weighted by atomic mass is 16.6. The molecule has 1 aliphatic heterocycles. The van der Waals surface area contributed by atoms with E-state index in [0.29, 0.717) is 6.54 Å². The molecule has 0 radical (unpaired) electrons.